The summed E-state index contributed by atoms with van der Waals surface area (Å²) in [6.07, 6.45) is 5.82. The fourth-order valence-electron chi connectivity index (χ4n) is 2.33. The minimum Gasteiger partial charge on any atom is -0.0625 e. The second kappa shape index (κ2) is 3.16. The third-order valence-electron chi connectivity index (χ3n) is 3.19. The fourth-order valence-corrected chi connectivity index (χ4v) is 2.33. The molecule has 0 unspecified atom stereocenters. The molecule has 0 spiro atoms. The monoisotopic (exact) mass is 154 g/mol. The van der Waals surface area contributed by atoms with E-state index in [1.165, 1.54) is 25.7 Å². The second-order valence-electron chi connectivity index (χ2n) is 5.26. The maximum atomic E-state index is 2.42. The Morgan fingerprint density at radius 1 is 1.27 bits per heavy atom. The second-order valence-corrected chi connectivity index (χ2v) is 5.26. The van der Waals surface area contributed by atoms with Crippen LogP contribution >= 0.6 is 0 Å². The third kappa shape index (κ3) is 2.50. The summed E-state index contributed by atoms with van der Waals surface area (Å²) in [5.41, 5.74) is 0.632. The average molecular weight is 154 g/mol. The lowest BCUT2D eigenvalue weighted by Crippen LogP contribution is -2.25. The Kier molecular flexibility index (Phi) is 2.61. The van der Waals surface area contributed by atoms with Crippen molar-refractivity contribution in [1.82, 2.24) is 0 Å². The lowest BCUT2D eigenvalue weighted by molar-refractivity contribution is 0.147. The van der Waals surface area contributed by atoms with E-state index >= 15 is 0 Å². The summed E-state index contributed by atoms with van der Waals surface area (Å²) in [7, 11) is 0. The van der Waals surface area contributed by atoms with E-state index in [1.54, 1.807) is 0 Å². The van der Waals surface area contributed by atoms with Gasteiger partial charge in [0.05, 0.1) is 0 Å². The van der Waals surface area contributed by atoms with Crippen molar-refractivity contribution in [3.63, 3.8) is 0 Å². The van der Waals surface area contributed by atoms with Crippen molar-refractivity contribution >= 4 is 0 Å². The molecule has 11 heavy (non-hydrogen) atoms. The molecule has 0 radical (unpaired) electrons. The number of hydrogen-bond donors (Lipinski definition) is 0. The summed E-state index contributed by atoms with van der Waals surface area (Å²) in [5, 5.41) is 0. The zero-order valence-corrected chi connectivity index (χ0v) is 8.48. The molecule has 0 amide bonds. The van der Waals surface area contributed by atoms with Crippen molar-refractivity contribution in [1.29, 1.82) is 0 Å². The first-order valence-electron chi connectivity index (χ1n) is 5.01. The SMILES string of the molecule is CC(C)[C@H]1CCCC(C)(C)C1. The minimum atomic E-state index is 0.632. The molecule has 0 aliphatic heterocycles. The summed E-state index contributed by atoms with van der Waals surface area (Å²) >= 11 is 0. The van der Waals surface area contributed by atoms with Crippen LogP contribution in [0.15, 0.2) is 0 Å². The summed E-state index contributed by atoms with van der Waals surface area (Å²) in [6.45, 7) is 9.57. The smallest absolute Gasteiger partial charge is 0.0351 e. The Bertz CT molecular complexity index is 122. The summed E-state index contributed by atoms with van der Waals surface area (Å²) in [6, 6.07) is 0. The van der Waals surface area contributed by atoms with E-state index in [0.29, 0.717) is 5.41 Å². The van der Waals surface area contributed by atoms with Gasteiger partial charge in [0, 0.05) is 0 Å². The van der Waals surface area contributed by atoms with Gasteiger partial charge in [0.2, 0.25) is 0 Å². The first kappa shape index (κ1) is 9.09. The van der Waals surface area contributed by atoms with Gasteiger partial charge in [-0.1, -0.05) is 40.5 Å². The van der Waals surface area contributed by atoms with E-state index in [0.717, 1.165) is 11.8 Å². The fraction of sp³-hybridized carbons (Fsp3) is 1.00. The molecule has 0 bridgehead atoms. The van der Waals surface area contributed by atoms with Crippen molar-refractivity contribution in [3.8, 4) is 0 Å². The molecule has 0 saturated heterocycles. The van der Waals surface area contributed by atoms with Crippen molar-refractivity contribution < 1.29 is 0 Å². The Morgan fingerprint density at radius 2 is 1.91 bits per heavy atom. The Balaban J connectivity index is 2.46. The lowest BCUT2D eigenvalue weighted by atomic mass is 9.69. The predicted octanol–water partition coefficient (Wildman–Crippen LogP) is 3.86. The number of hydrogen-bond acceptors (Lipinski definition) is 0. The van der Waals surface area contributed by atoms with Gasteiger partial charge in [-0.2, -0.15) is 0 Å². The molecule has 1 fully saturated rings. The van der Waals surface area contributed by atoms with E-state index in [-0.39, 0.29) is 0 Å². The van der Waals surface area contributed by atoms with Crippen molar-refractivity contribution in [2.75, 3.05) is 0 Å². The van der Waals surface area contributed by atoms with Gasteiger partial charge in [-0.15, -0.1) is 0 Å². The molecule has 1 aliphatic rings. The minimum absolute atomic E-state index is 0.632. The van der Waals surface area contributed by atoms with Gasteiger partial charge in [0.25, 0.3) is 0 Å². The van der Waals surface area contributed by atoms with Crippen LogP contribution in [0.1, 0.15) is 53.4 Å². The van der Waals surface area contributed by atoms with E-state index in [1.807, 2.05) is 0 Å². The first-order chi connectivity index (χ1) is 5.01. The van der Waals surface area contributed by atoms with Crippen molar-refractivity contribution in [3.05, 3.63) is 0 Å². The van der Waals surface area contributed by atoms with Gasteiger partial charge < -0.3 is 0 Å². The molecule has 0 heteroatoms. The normalized spacial score (nSPS) is 30.8. The standard InChI is InChI=1S/C11H22/c1-9(2)10-6-5-7-11(3,4)8-10/h9-10H,5-8H2,1-4H3/t10-/m0/s1. The molecule has 0 heterocycles. The van der Waals surface area contributed by atoms with Crippen molar-refractivity contribution in [2.45, 2.75) is 53.4 Å². The summed E-state index contributed by atoms with van der Waals surface area (Å²) in [4.78, 5) is 0. The quantitative estimate of drug-likeness (QED) is 0.538. The molecule has 0 aromatic rings. The van der Waals surface area contributed by atoms with Gasteiger partial charge >= 0.3 is 0 Å². The van der Waals surface area contributed by atoms with Crippen LogP contribution in [0.5, 0.6) is 0 Å². The lowest BCUT2D eigenvalue weighted by Gasteiger charge is -2.37. The van der Waals surface area contributed by atoms with Crippen LogP contribution in [0.4, 0.5) is 0 Å². The van der Waals surface area contributed by atoms with Crippen LogP contribution in [-0.4, -0.2) is 0 Å². The van der Waals surface area contributed by atoms with Crippen molar-refractivity contribution in [2.24, 2.45) is 17.3 Å². The van der Waals surface area contributed by atoms with Crippen LogP contribution in [0.25, 0.3) is 0 Å². The maximum absolute atomic E-state index is 2.42. The molecule has 1 atom stereocenters. The Hall–Kier alpha value is 0. The van der Waals surface area contributed by atoms with Gasteiger partial charge in [-0.05, 0) is 30.1 Å². The van der Waals surface area contributed by atoms with Gasteiger partial charge in [-0.25, -0.2) is 0 Å². The van der Waals surface area contributed by atoms with E-state index < -0.39 is 0 Å². The third-order valence-corrected chi connectivity index (χ3v) is 3.19. The maximum Gasteiger partial charge on any atom is -0.0351 e. The molecular weight excluding hydrogens is 132 g/mol. The molecular formula is C11H22. The predicted molar refractivity (Wildman–Crippen MR) is 50.6 cm³/mol. The van der Waals surface area contributed by atoms with Gasteiger partial charge in [-0.3, -0.25) is 0 Å². The van der Waals surface area contributed by atoms with Gasteiger partial charge in [0.15, 0.2) is 0 Å². The highest BCUT2D eigenvalue weighted by atomic mass is 14.3. The topological polar surface area (TPSA) is 0 Å². The van der Waals surface area contributed by atoms with E-state index in [4.69, 9.17) is 0 Å². The molecule has 1 rings (SSSR count). The zero-order valence-electron chi connectivity index (χ0n) is 8.48. The first-order valence-corrected chi connectivity index (χ1v) is 5.01. The van der Waals surface area contributed by atoms with Crippen LogP contribution in [0.3, 0.4) is 0 Å². The zero-order chi connectivity index (χ0) is 8.48. The molecule has 1 saturated carbocycles. The highest BCUT2D eigenvalue weighted by Crippen LogP contribution is 2.41. The Labute approximate surface area is 71.4 Å². The Morgan fingerprint density at radius 3 is 2.27 bits per heavy atom. The van der Waals surface area contributed by atoms with E-state index in [2.05, 4.69) is 27.7 Å². The highest BCUT2D eigenvalue weighted by Gasteiger charge is 2.29. The molecule has 1 aliphatic carbocycles. The summed E-state index contributed by atoms with van der Waals surface area (Å²) in [5.74, 6) is 1.90. The van der Waals surface area contributed by atoms with Crippen LogP contribution < -0.4 is 0 Å². The summed E-state index contributed by atoms with van der Waals surface area (Å²) < 4.78 is 0. The molecule has 0 nitrogen and oxygen atoms in total. The number of rotatable bonds is 1. The average Bonchev–Trinajstić information content (AvgIpc) is 1.85. The molecule has 0 aromatic carbocycles. The van der Waals surface area contributed by atoms with E-state index in [9.17, 15) is 0 Å². The van der Waals surface area contributed by atoms with Crippen LogP contribution in [-0.2, 0) is 0 Å². The molecule has 66 valence electrons. The van der Waals surface area contributed by atoms with Gasteiger partial charge in [0.1, 0.15) is 0 Å². The molecule has 0 aromatic heterocycles. The highest BCUT2D eigenvalue weighted by molar-refractivity contribution is 4.80. The molecule has 0 N–H and O–H groups in total. The van der Waals surface area contributed by atoms with Crippen LogP contribution in [0, 0.1) is 17.3 Å². The largest absolute Gasteiger partial charge is 0.0625 e. The van der Waals surface area contributed by atoms with Crippen LogP contribution in [0.2, 0.25) is 0 Å².